The summed E-state index contributed by atoms with van der Waals surface area (Å²) in [6, 6.07) is -0.874. The summed E-state index contributed by atoms with van der Waals surface area (Å²) in [4.78, 5) is 37.7. The zero-order valence-electron chi connectivity index (χ0n) is 51.1. The van der Waals surface area contributed by atoms with Crippen LogP contribution in [0, 0.1) is 0 Å². The molecule has 0 radical (unpaired) electrons. The van der Waals surface area contributed by atoms with Crippen molar-refractivity contribution >= 4 is 19.7 Å². The number of hydrogen-bond donors (Lipinski definition) is 2. The van der Waals surface area contributed by atoms with Crippen molar-refractivity contribution in [3.8, 4) is 0 Å². The quantitative estimate of drug-likeness (QED) is 0.0156. The third-order valence-corrected chi connectivity index (χ3v) is 14.6. The van der Waals surface area contributed by atoms with Crippen molar-refractivity contribution < 1.29 is 37.3 Å². The Labute approximate surface area is 481 Å². The Morgan fingerprint density at radius 3 is 1.37 bits per heavy atom. The highest BCUT2D eigenvalue weighted by Crippen LogP contribution is 2.43. The van der Waals surface area contributed by atoms with E-state index in [-0.39, 0.29) is 31.5 Å². The Bertz CT molecular complexity index is 1700. The Balaban J connectivity index is 5.25. The number of ether oxygens (including phenoxy) is 1. The van der Waals surface area contributed by atoms with Gasteiger partial charge in [-0.15, -0.1) is 0 Å². The number of nitrogens with zero attached hydrogens (tertiary/aromatic N) is 1. The number of carbonyl (C=O) groups is 2. The Hall–Kier alpha value is -3.33. The highest BCUT2D eigenvalue weighted by Gasteiger charge is 2.30. The lowest BCUT2D eigenvalue weighted by molar-refractivity contribution is -0.870. The van der Waals surface area contributed by atoms with Crippen LogP contribution in [-0.2, 0) is 27.9 Å². The number of allylic oxidation sites excluding steroid dienone is 17. The zero-order chi connectivity index (χ0) is 57.2. The molecule has 0 bridgehead atoms. The minimum atomic E-state index is -4.47. The first-order valence-electron chi connectivity index (χ1n) is 31.8. The van der Waals surface area contributed by atoms with Crippen LogP contribution in [-0.4, -0.2) is 74.3 Å². The van der Waals surface area contributed by atoms with E-state index in [1.54, 1.807) is 0 Å². The van der Waals surface area contributed by atoms with E-state index in [1.807, 2.05) is 94.1 Å². The lowest BCUT2D eigenvalue weighted by Gasteiger charge is -2.27. The monoisotopic (exact) mass is 1110 g/mol. The number of esters is 1. The molecule has 3 atom stereocenters. The molecule has 3 unspecified atom stereocenters. The van der Waals surface area contributed by atoms with Crippen molar-refractivity contribution in [2.24, 2.45) is 0 Å². The molecule has 9 nitrogen and oxygen atoms in total. The van der Waals surface area contributed by atoms with E-state index in [4.69, 9.17) is 13.8 Å². The zero-order valence-corrected chi connectivity index (χ0v) is 52.0. The normalized spacial score (nSPS) is 14.4. The third-order valence-electron chi connectivity index (χ3n) is 13.6. The maximum absolute atomic E-state index is 13.6. The summed E-state index contributed by atoms with van der Waals surface area (Å²) >= 11 is 0. The maximum atomic E-state index is 13.6. The molecule has 0 spiro atoms. The number of unbranched alkanes of at least 4 members (excludes halogenated alkanes) is 29. The largest absolute Gasteiger partial charge is 0.472 e. The van der Waals surface area contributed by atoms with Gasteiger partial charge in [0.2, 0.25) is 5.91 Å². The second-order valence-corrected chi connectivity index (χ2v) is 23.8. The van der Waals surface area contributed by atoms with E-state index in [0.29, 0.717) is 23.9 Å². The van der Waals surface area contributed by atoms with Gasteiger partial charge in [0.1, 0.15) is 19.3 Å². The average molecular weight is 1110 g/mol. The molecule has 0 aromatic rings. The molecule has 0 saturated carbocycles. The van der Waals surface area contributed by atoms with Gasteiger partial charge in [0.15, 0.2) is 0 Å². The van der Waals surface area contributed by atoms with Gasteiger partial charge in [-0.25, -0.2) is 4.57 Å². The topological polar surface area (TPSA) is 111 Å². The first kappa shape index (κ1) is 74.7. The first-order valence-corrected chi connectivity index (χ1v) is 33.3. The minimum absolute atomic E-state index is 0.0274. The predicted octanol–water partition coefficient (Wildman–Crippen LogP) is 19.7. The van der Waals surface area contributed by atoms with Crippen molar-refractivity contribution in [1.29, 1.82) is 0 Å². The van der Waals surface area contributed by atoms with Crippen LogP contribution < -0.4 is 5.32 Å². The number of quaternary nitrogens is 1. The molecule has 78 heavy (non-hydrogen) atoms. The number of rotatable bonds is 56. The molecule has 0 aromatic carbocycles. The number of phosphoric acid groups is 1. The van der Waals surface area contributed by atoms with Gasteiger partial charge in [-0.3, -0.25) is 18.6 Å². The Morgan fingerprint density at radius 2 is 0.872 bits per heavy atom. The van der Waals surface area contributed by atoms with Crippen molar-refractivity contribution in [2.45, 2.75) is 270 Å². The van der Waals surface area contributed by atoms with Crippen LogP contribution in [0.3, 0.4) is 0 Å². The molecule has 0 aliphatic rings. The third kappa shape index (κ3) is 57.4. The lowest BCUT2D eigenvalue weighted by atomic mass is 10.0. The molecule has 0 rings (SSSR count). The second-order valence-electron chi connectivity index (χ2n) is 22.4. The number of likely N-dealkylation sites (N-methyl/N-ethyl adjacent to an activating group) is 1. The molecule has 0 heterocycles. The van der Waals surface area contributed by atoms with Crippen LogP contribution in [0.5, 0.6) is 0 Å². The van der Waals surface area contributed by atoms with Gasteiger partial charge in [-0.05, 0) is 83.1 Å². The number of carbonyl (C=O) groups excluding carboxylic acids is 2. The first-order chi connectivity index (χ1) is 37.9. The summed E-state index contributed by atoms with van der Waals surface area (Å²) in [6.07, 6.45) is 78.0. The van der Waals surface area contributed by atoms with Gasteiger partial charge in [-0.1, -0.05) is 272 Å². The lowest BCUT2D eigenvalue weighted by Crippen LogP contribution is -2.47. The molecule has 0 aliphatic heterocycles. The van der Waals surface area contributed by atoms with Gasteiger partial charge in [-0.2, -0.15) is 0 Å². The number of amides is 1. The van der Waals surface area contributed by atoms with Crippen LogP contribution in [0.25, 0.3) is 0 Å². The highest BCUT2D eigenvalue weighted by molar-refractivity contribution is 7.47. The molecule has 1 amide bonds. The average Bonchev–Trinajstić information content (AvgIpc) is 3.40. The van der Waals surface area contributed by atoms with Crippen molar-refractivity contribution in [3.05, 3.63) is 109 Å². The van der Waals surface area contributed by atoms with E-state index >= 15 is 0 Å². The standard InChI is InChI=1S/C68H119N2O7P/c1-7-10-13-16-19-22-25-28-30-32-33-34-35-36-37-39-40-42-45-48-51-54-57-60-67(71)69-65(64-76-78(73,74)75-63-62-70(4,5)6)66(59-56-53-50-47-44-27-24-21-18-15-12-9-3)77-68(72)61-58-55-52-49-46-43-41-38-31-29-26-23-20-17-14-11-8-2/h11,14,17,19-20,22-23,26,28-31,38,41,43,46,56,59,65-66H,7-10,12-13,15-16,18,21,24-25,27,32-37,39-40,42,44-45,47-55,57-58,60-64H2,1-6H3,(H-,69,71,73,74)/p+1/b14-11-,20-17+,22-19-,26-23+,30-28-,31-29-,41-38+,46-43+,59-56-. The molecule has 0 aromatic heterocycles. The van der Waals surface area contributed by atoms with Gasteiger partial charge >= 0.3 is 13.8 Å². The van der Waals surface area contributed by atoms with Gasteiger partial charge in [0.05, 0.1) is 33.8 Å². The van der Waals surface area contributed by atoms with Crippen LogP contribution in [0.1, 0.15) is 258 Å². The molecule has 0 saturated heterocycles. The van der Waals surface area contributed by atoms with Crippen molar-refractivity contribution in [2.75, 3.05) is 40.9 Å². The molecular weight excluding hydrogens is 988 g/mol. The summed E-state index contributed by atoms with van der Waals surface area (Å²) in [6.45, 7) is 6.81. The summed E-state index contributed by atoms with van der Waals surface area (Å²) in [7, 11) is 1.46. The number of phosphoric ester groups is 1. The van der Waals surface area contributed by atoms with Crippen LogP contribution in [0.4, 0.5) is 0 Å². The highest BCUT2D eigenvalue weighted by atomic mass is 31.2. The van der Waals surface area contributed by atoms with E-state index in [0.717, 1.165) is 70.6 Å². The predicted molar refractivity (Wildman–Crippen MR) is 337 cm³/mol. The number of nitrogens with one attached hydrogen (secondary N) is 1. The number of hydrogen-bond acceptors (Lipinski definition) is 6. The van der Waals surface area contributed by atoms with Crippen LogP contribution in [0.15, 0.2) is 109 Å². The van der Waals surface area contributed by atoms with Crippen LogP contribution in [0.2, 0.25) is 0 Å². The second kappa shape index (κ2) is 56.9. The summed E-state index contributed by atoms with van der Waals surface area (Å²) in [5, 5.41) is 3.05. The fourth-order valence-electron chi connectivity index (χ4n) is 8.71. The Kier molecular flexibility index (Phi) is 54.5. The summed E-state index contributed by atoms with van der Waals surface area (Å²) < 4.78 is 30.7. The molecule has 0 fully saturated rings. The van der Waals surface area contributed by atoms with E-state index in [9.17, 15) is 19.0 Å². The smallest absolute Gasteiger partial charge is 0.456 e. The maximum Gasteiger partial charge on any atom is 0.472 e. The minimum Gasteiger partial charge on any atom is -0.456 e. The van der Waals surface area contributed by atoms with Crippen molar-refractivity contribution in [3.63, 3.8) is 0 Å². The van der Waals surface area contributed by atoms with Gasteiger partial charge in [0.25, 0.3) is 0 Å². The van der Waals surface area contributed by atoms with E-state index in [2.05, 4.69) is 62.5 Å². The molecule has 0 aliphatic carbocycles. The fourth-order valence-corrected chi connectivity index (χ4v) is 9.44. The molecule has 448 valence electrons. The van der Waals surface area contributed by atoms with E-state index in [1.165, 1.54) is 148 Å². The van der Waals surface area contributed by atoms with E-state index < -0.39 is 20.0 Å². The van der Waals surface area contributed by atoms with Gasteiger partial charge < -0.3 is 19.4 Å². The summed E-state index contributed by atoms with van der Waals surface area (Å²) in [5.74, 6) is -0.560. The summed E-state index contributed by atoms with van der Waals surface area (Å²) in [5.41, 5.74) is 0. The van der Waals surface area contributed by atoms with Crippen LogP contribution >= 0.6 is 7.82 Å². The Morgan fingerprint density at radius 1 is 0.474 bits per heavy atom. The SMILES string of the molecule is CC\C=C/C=C/C=C/C=C\C=C\C=C\CCCCCC(=O)OC(/C=C\CCCCCCCCCCCC)C(COP(=O)(O)OCC[N+](C)(C)C)NC(=O)CCCCCCCCCCCCCCC/C=C\C/C=C\CCCCC. The fraction of sp³-hybridized carbons (Fsp3) is 0.706. The van der Waals surface area contributed by atoms with Crippen molar-refractivity contribution in [1.82, 2.24) is 5.32 Å². The van der Waals surface area contributed by atoms with Gasteiger partial charge in [0, 0.05) is 12.8 Å². The molecular formula is C68H120N2O7P+. The molecule has 2 N–H and O–H groups in total. The molecule has 10 heteroatoms.